The standard InChI is InChI=1S/C13H13N3O4/c1-8-7-15-12(13(18)14-5-6-17)9-3-2-4-10(11(8)9)16(19)20/h2-4,7,17H,5-6H2,1H3,(H,14,18). The number of nitrogens with zero attached hydrogens (tertiary/aromatic N) is 2. The molecule has 0 aliphatic heterocycles. The molecule has 20 heavy (non-hydrogen) atoms. The van der Waals surface area contributed by atoms with Crippen molar-refractivity contribution in [2.75, 3.05) is 13.2 Å². The molecule has 0 bridgehead atoms. The molecule has 2 rings (SSSR count). The van der Waals surface area contributed by atoms with Crippen molar-refractivity contribution in [3.63, 3.8) is 0 Å². The smallest absolute Gasteiger partial charge is 0.277 e. The molecule has 0 atom stereocenters. The lowest BCUT2D eigenvalue weighted by molar-refractivity contribution is -0.383. The summed E-state index contributed by atoms with van der Waals surface area (Å²) in [4.78, 5) is 26.6. The molecule has 2 N–H and O–H groups in total. The van der Waals surface area contributed by atoms with Gasteiger partial charge in [-0.2, -0.15) is 0 Å². The molecular formula is C13H13N3O4. The van der Waals surface area contributed by atoms with Crippen LogP contribution in [0.1, 0.15) is 16.1 Å². The van der Waals surface area contributed by atoms with Crippen LogP contribution >= 0.6 is 0 Å². The monoisotopic (exact) mass is 275 g/mol. The van der Waals surface area contributed by atoms with Crippen LogP contribution in [0.25, 0.3) is 10.8 Å². The van der Waals surface area contributed by atoms with Crippen LogP contribution in [0.3, 0.4) is 0 Å². The Kier molecular flexibility index (Phi) is 3.90. The molecule has 1 heterocycles. The lowest BCUT2D eigenvalue weighted by atomic mass is 10.0. The van der Waals surface area contributed by atoms with Crippen LogP contribution in [0.4, 0.5) is 5.69 Å². The fourth-order valence-corrected chi connectivity index (χ4v) is 2.03. The van der Waals surface area contributed by atoms with E-state index in [4.69, 9.17) is 5.11 Å². The van der Waals surface area contributed by atoms with E-state index in [1.54, 1.807) is 13.0 Å². The number of aryl methyl sites for hydroxylation is 1. The number of nitro benzene ring substituents is 1. The van der Waals surface area contributed by atoms with Crippen molar-refractivity contribution in [2.24, 2.45) is 0 Å². The third kappa shape index (κ3) is 2.43. The minimum absolute atomic E-state index is 0.0568. The van der Waals surface area contributed by atoms with Crippen molar-refractivity contribution in [3.8, 4) is 0 Å². The fraction of sp³-hybridized carbons (Fsp3) is 0.231. The zero-order chi connectivity index (χ0) is 14.7. The van der Waals surface area contributed by atoms with E-state index in [0.29, 0.717) is 16.3 Å². The van der Waals surface area contributed by atoms with Crippen LogP contribution in [-0.4, -0.2) is 34.1 Å². The van der Waals surface area contributed by atoms with Gasteiger partial charge in [-0.05, 0) is 12.5 Å². The Hall–Kier alpha value is -2.54. The Morgan fingerprint density at radius 3 is 2.90 bits per heavy atom. The highest BCUT2D eigenvalue weighted by molar-refractivity contribution is 6.08. The number of hydrogen-bond donors (Lipinski definition) is 2. The second kappa shape index (κ2) is 5.62. The summed E-state index contributed by atoms with van der Waals surface area (Å²) in [6.45, 7) is 1.62. The van der Waals surface area contributed by atoms with Crippen molar-refractivity contribution in [2.45, 2.75) is 6.92 Å². The molecule has 1 amide bonds. The number of nitro groups is 1. The highest BCUT2D eigenvalue weighted by atomic mass is 16.6. The number of benzene rings is 1. The molecule has 7 heteroatoms. The highest BCUT2D eigenvalue weighted by Crippen LogP contribution is 2.29. The summed E-state index contributed by atoms with van der Waals surface area (Å²) < 4.78 is 0. The normalized spacial score (nSPS) is 10.5. The second-order valence-corrected chi connectivity index (χ2v) is 4.23. The quantitative estimate of drug-likeness (QED) is 0.643. The van der Waals surface area contributed by atoms with Gasteiger partial charge in [0.25, 0.3) is 11.6 Å². The molecule has 0 aliphatic carbocycles. The molecule has 1 aromatic carbocycles. The number of non-ortho nitro benzene ring substituents is 1. The van der Waals surface area contributed by atoms with Gasteiger partial charge in [-0.15, -0.1) is 0 Å². The first-order valence-corrected chi connectivity index (χ1v) is 5.98. The number of hydrogen-bond acceptors (Lipinski definition) is 5. The number of aromatic nitrogens is 1. The summed E-state index contributed by atoms with van der Waals surface area (Å²) in [6, 6.07) is 4.53. The van der Waals surface area contributed by atoms with E-state index < -0.39 is 10.8 Å². The molecule has 2 aromatic rings. The van der Waals surface area contributed by atoms with Crippen molar-refractivity contribution in [3.05, 3.63) is 45.8 Å². The Bertz CT molecular complexity index is 685. The third-order valence-corrected chi connectivity index (χ3v) is 2.89. The van der Waals surface area contributed by atoms with E-state index in [9.17, 15) is 14.9 Å². The summed E-state index contributed by atoms with van der Waals surface area (Å²) in [7, 11) is 0. The molecule has 0 saturated carbocycles. The maximum absolute atomic E-state index is 12.0. The third-order valence-electron chi connectivity index (χ3n) is 2.89. The van der Waals surface area contributed by atoms with E-state index in [1.165, 1.54) is 18.3 Å². The number of rotatable bonds is 4. The van der Waals surface area contributed by atoms with Gasteiger partial charge in [0, 0.05) is 24.2 Å². The minimum Gasteiger partial charge on any atom is -0.395 e. The Morgan fingerprint density at radius 2 is 2.25 bits per heavy atom. The minimum atomic E-state index is -0.481. The molecular weight excluding hydrogens is 262 g/mol. The number of nitrogens with one attached hydrogen (secondary N) is 1. The first-order chi connectivity index (χ1) is 9.56. The lowest BCUT2D eigenvalue weighted by Crippen LogP contribution is -2.27. The molecule has 0 saturated heterocycles. The van der Waals surface area contributed by atoms with Crippen LogP contribution in [0, 0.1) is 17.0 Å². The first-order valence-electron chi connectivity index (χ1n) is 5.98. The van der Waals surface area contributed by atoms with Crippen LogP contribution in [0.2, 0.25) is 0 Å². The van der Waals surface area contributed by atoms with Crippen molar-refractivity contribution >= 4 is 22.4 Å². The molecule has 0 spiro atoms. The molecule has 0 unspecified atom stereocenters. The topological polar surface area (TPSA) is 105 Å². The Labute approximate surface area is 114 Å². The van der Waals surface area contributed by atoms with Crippen molar-refractivity contribution in [1.82, 2.24) is 10.3 Å². The van der Waals surface area contributed by atoms with Crippen LogP contribution in [0.15, 0.2) is 24.4 Å². The van der Waals surface area contributed by atoms with Gasteiger partial charge >= 0.3 is 0 Å². The van der Waals surface area contributed by atoms with Gasteiger partial charge < -0.3 is 10.4 Å². The fourth-order valence-electron chi connectivity index (χ4n) is 2.03. The summed E-state index contributed by atoms with van der Waals surface area (Å²) in [5, 5.41) is 23.1. The molecule has 104 valence electrons. The Balaban J connectivity index is 2.64. The van der Waals surface area contributed by atoms with Crippen LogP contribution in [-0.2, 0) is 0 Å². The number of pyridine rings is 1. The number of aliphatic hydroxyl groups excluding tert-OH is 1. The van der Waals surface area contributed by atoms with E-state index in [-0.39, 0.29) is 24.5 Å². The number of carbonyl (C=O) groups is 1. The summed E-state index contributed by atoms with van der Waals surface area (Å²) in [6.07, 6.45) is 1.43. The number of amides is 1. The van der Waals surface area contributed by atoms with Crippen molar-refractivity contribution in [1.29, 1.82) is 0 Å². The van der Waals surface area contributed by atoms with Crippen LogP contribution in [0.5, 0.6) is 0 Å². The highest BCUT2D eigenvalue weighted by Gasteiger charge is 2.19. The lowest BCUT2D eigenvalue weighted by Gasteiger charge is -2.08. The zero-order valence-electron chi connectivity index (χ0n) is 10.8. The summed E-state index contributed by atoms with van der Waals surface area (Å²) in [5.74, 6) is -0.468. The van der Waals surface area contributed by atoms with Gasteiger partial charge in [0.05, 0.1) is 16.9 Å². The molecule has 0 radical (unpaired) electrons. The van der Waals surface area contributed by atoms with Gasteiger partial charge in [-0.1, -0.05) is 12.1 Å². The summed E-state index contributed by atoms with van der Waals surface area (Å²) >= 11 is 0. The molecule has 0 aliphatic rings. The average molecular weight is 275 g/mol. The number of fused-ring (bicyclic) bond motifs is 1. The van der Waals surface area contributed by atoms with Gasteiger partial charge in [0.1, 0.15) is 5.69 Å². The predicted octanol–water partition coefficient (Wildman–Crippen LogP) is 1.17. The Morgan fingerprint density at radius 1 is 1.50 bits per heavy atom. The average Bonchev–Trinajstić information content (AvgIpc) is 2.44. The number of aliphatic hydroxyl groups is 1. The van der Waals surface area contributed by atoms with Gasteiger partial charge in [-0.25, -0.2) is 0 Å². The molecule has 1 aromatic heterocycles. The molecule has 0 fully saturated rings. The molecule has 7 nitrogen and oxygen atoms in total. The van der Waals surface area contributed by atoms with Crippen LogP contribution < -0.4 is 5.32 Å². The van der Waals surface area contributed by atoms with E-state index in [0.717, 1.165) is 0 Å². The number of carbonyl (C=O) groups excluding carboxylic acids is 1. The van der Waals surface area contributed by atoms with Crippen molar-refractivity contribution < 1.29 is 14.8 Å². The predicted molar refractivity (Wildman–Crippen MR) is 72.6 cm³/mol. The SMILES string of the molecule is Cc1cnc(C(=O)NCCO)c2cccc([N+](=O)[O-])c12. The van der Waals surface area contributed by atoms with E-state index >= 15 is 0 Å². The van der Waals surface area contributed by atoms with Gasteiger partial charge in [0.15, 0.2) is 0 Å². The maximum Gasteiger partial charge on any atom is 0.277 e. The van der Waals surface area contributed by atoms with E-state index in [2.05, 4.69) is 10.3 Å². The first kappa shape index (κ1) is 13.9. The van der Waals surface area contributed by atoms with Gasteiger partial charge in [0.2, 0.25) is 0 Å². The second-order valence-electron chi connectivity index (χ2n) is 4.23. The van der Waals surface area contributed by atoms with E-state index in [1.807, 2.05) is 0 Å². The van der Waals surface area contributed by atoms with Gasteiger partial charge in [-0.3, -0.25) is 19.9 Å². The summed E-state index contributed by atoms with van der Waals surface area (Å²) in [5.41, 5.74) is 0.687. The zero-order valence-corrected chi connectivity index (χ0v) is 10.8. The maximum atomic E-state index is 12.0. The largest absolute Gasteiger partial charge is 0.395 e.